The van der Waals surface area contributed by atoms with E-state index in [1.54, 1.807) is 37.5 Å². The van der Waals surface area contributed by atoms with Crippen molar-refractivity contribution in [2.24, 2.45) is 0 Å². The maximum absolute atomic E-state index is 13.3. The van der Waals surface area contributed by atoms with Gasteiger partial charge in [0.15, 0.2) is 5.11 Å². The van der Waals surface area contributed by atoms with E-state index < -0.39 is 11.8 Å². The van der Waals surface area contributed by atoms with Crippen LogP contribution in [0.5, 0.6) is 5.75 Å². The highest BCUT2D eigenvalue weighted by atomic mass is 32.1. The second kappa shape index (κ2) is 8.63. The minimum atomic E-state index is -0.489. The fourth-order valence-electron chi connectivity index (χ4n) is 4.99. The van der Waals surface area contributed by atoms with Crippen molar-refractivity contribution in [3.05, 3.63) is 59.2 Å². The highest BCUT2D eigenvalue weighted by Gasteiger charge is 2.36. The summed E-state index contributed by atoms with van der Waals surface area (Å²) in [7, 11) is 1.58. The van der Waals surface area contributed by atoms with Gasteiger partial charge in [0.05, 0.1) is 12.8 Å². The summed E-state index contributed by atoms with van der Waals surface area (Å²) in [6.45, 7) is 9.86. The van der Waals surface area contributed by atoms with Crippen molar-refractivity contribution in [3.8, 4) is 5.75 Å². The van der Waals surface area contributed by atoms with E-state index in [1.807, 2.05) is 6.07 Å². The molecule has 0 aromatic heterocycles. The lowest BCUT2D eigenvalue weighted by molar-refractivity contribution is -0.122. The van der Waals surface area contributed by atoms with Crippen LogP contribution in [0.15, 0.2) is 48.0 Å². The summed E-state index contributed by atoms with van der Waals surface area (Å²) in [6, 6.07) is 13.1. The van der Waals surface area contributed by atoms with Crippen LogP contribution in [-0.2, 0) is 9.59 Å². The lowest BCUT2D eigenvalue weighted by atomic mass is 9.79. The van der Waals surface area contributed by atoms with Crippen molar-refractivity contribution in [3.63, 3.8) is 0 Å². The van der Waals surface area contributed by atoms with E-state index in [9.17, 15) is 9.59 Å². The predicted molar refractivity (Wildman–Crippen MR) is 136 cm³/mol. The number of amides is 2. The third-order valence-electron chi connectivity index (χ3n) is 6.47. The number of carbonyl (C=O) groups excluding carboxylic acids is 2. The molecule has 0 unspecified atom stereocenters. The van der Waals surface area contributed by atoms with E-state index in [0.717, 1.165) is 18.5 Å². The number of methoxy groups -OCH3 is 1. The Morgan fingerprint density at radius 1 is 1.18 bits per heavy atom. The third-order valence-corrected chi connectivity index (χ3v) is 6.75. The number of carbonyl (C=O) groups is 2. The zero-order valence-electron chi connectivity index (χ0n) is 19.6. The summed E-state index contributed by atoms with van der Waals surface area (Å²) >= 11 is 5.29. The fourth-order valence-corrected chi connectivity index (χ4v) is 5.27. The maximum atomic E-state index is 13.3. The zero-order valence-corrected chi connectivity index (χ0v) is 20.5. The average Bonchev–Trinajstić information content (AvgIpc) is 2.77. The Labute approximate surface area is 200 Å². The van der Waals surface area contributed by atoms with Crippen molar-refractivity contribution in [2.45, 2.75) is 45.6 Å². The largest absolute Gasteiger partial charge is 0.497 e. The Morgan fingerprint density at radius 2 is 1.88 bits per heavy atom. The number of thiocarbonyl (C=S) groups is 1. The minimum absolute atomic E-state index is 0.0514. The van der Waals surface area contributed by atoms with E-state index >= 15 is 0 Å². The van der Waals surface area contributed by atoms with Crippen LogP contribution in [0.4, 0.5) is 11.4 Å². The monoisotopic (exact) mass is 463 g/mol. The standard InChI is InChI=1S/C26H29N3O3S/c1-6-28-22-12-7-17(13-20(22)16(2)15-26(28,3)4)14-21-23(30)27-25(33)29(24(21)31)18-8-10-19(32-5)11-9-18/h7-14,16H,6,15H2,1-5H3,(H,27,30,33)/b21-14+/t16-/m1/s1. The molecule has 0 spiro atoms. The number of anilines is 2. The third kappa shape index (κ3) is 4.13. The molecule has 2 aliphatic heterocycles. The lowest BCUT2D eigenvalue weighted by Crippen LogP contribution is -2.54. The molecule has 6 nitrogen and oxygen atoms in total. The molecule has 2 amide bonds. The van der Waals surface area contributed by atoms with Gasteiger partial charge in [-0.15, -0.1) is 0 Å². The lowest BCUT2D eigenvalue weighted by Gasteiger charge is -2.47. The zero-order chi connectivity index (χ0) is 23.9. The van der Waals surface area contributed by atoms with Gasteiger partial charge in [0.25, 0.3) is 11.8 Å². The smallest absolute Gasteiger partial charge is 0.270 e. The summed E-state index contributed by atoms with van der Waals surface area (Å²) < 4.78 is 5.19. The Balaban J connectivity index is 1.70. The molecule has 7 heteroatoms. The Hall–Kier alpha value is -3.19. The molecule has 0 bridgehead atoms. The van der Waals surface area contributed by atoms with E-state index in [1.165, 1.54) is 16.2 Å². The number of benzene rings is 2. The van der Waals surface area contributed by atoms with Crippen LogP contribution in [0, 0.1) is 0 Å². The first-order chi connectivity index (χ1) is 15.7. The molecule has 33 heavy (non-hydrogen) atoms. The maximum Gasteiger partial charge on any atom is 0.270 e. The number of fused-ring (bicyclic) bond motifs is 1. The van der Waals surface area contributed by atoms with Crippen LogP contribution >= 0.6 is 12.2 Å². The molecule has 1 fully saturated rings. The SMILES string of the molecule is CCN1c2ccc(/C=C3\C(=O)NC(=S)N(c4ccc(OC)cc4)C3=O)cc2[C@H](C)CC1(C)C. The number of nitrogens with one attached hydrogen (secondary N) is 1. The van der Waals surface area contributed by atoms with Gasteiger partial charge in [-0.05, 0) is 98.9 Å². The van der Waals surface area contributed by atoms with Crippen LogP contribution in [0.3, 0.4) is 0 Å². The highest BCUT2D eigenvalue weighted by Crippen LogP contribution is 2.43. The van der Waals surface area contributed by atoms with Crippen LogP contribution in [0.1, 0.15) is 51.2 Å². The van der Waals surface area contributed by atoms with Gasteiger partial charge in [0.2, 0.25) is 0 Å². The Morgan fingerprint density at radius 3 is 2.52 bits per heavy atom. The van der Waals surface area contributed by atoms with Crippen molar-refractivity contribution >= 4 is 46.6 Å². The van der Waals surface area contributed by atoms with Crippen molar-refractivity contribution in [2.75, 3.05) is 23.5 Å². The highest BCUT2D eigenvalue weighted by molar-refractivity contribution is 7.80. The van der Waals surface area contributed by atoms with Crippen molar-refractivity contribution < 1.29 is 14.3 Å². The van der Waals surface area contributed by atoms with Crippen molar-refractivity contribution in [1.82, 2.24) is 5.32 Å². The Kier molecular flexibility index (Phi) is 6.01. The van der Waals surface area contributed by atoms with Gasteiger partial charge in [-0.2, -0.15) is 0 Å². The molecule has 2 aromatic rings. The van der Waals surface area contributed by atoms with Crippen molar-refractivity contribution in [1.29, 1.82) is 0 Å². The molecule has 0 radical (unpaired) electrons. The quantitative estimate of drug-likeness (QED) is 0.407. The first kappa shape index (κ1) is 23.0. The van der Waals surface area contributed by atoms with Gasteiger partial charge >= 0.3 is 0 Å². The van der Waals surface area contributed by atoms with Gasteiger partial charge in [-0.1, -0.05) is 13.0 Å². The molecule has 1 saturated heterocycles. The molecule has 2 aliphatic rings. The van der Waals surface area contributed by atoms with E-state index in [-0.39, 0.29) is 16.2 Å². The molecule has 2 aromatic carbocycles. The molecule has 4 rings (SSSR count). The van der Waals surface area contributed by atoms with Crippen LogP contribution < -0.4 is 19.9 Å². The second-order valence-electron chi connectivity index (χ2n) is 9.14. The molecule has 172 valence electrons. The van der Waals surface area contributed by atoms with Gasteiger partial charge in [0.1, 0.15) is 11.3 Å². The molecule has 1 atom stereocenters. The van der Waals surface area contributed by atoms with Gasteiger partial charge < -0.3 is 9.64 Å². The molecule has 1 N–H and O–H groups in total. The van der Waals surface area contributed by atoms with E-state index in [2.05, 4.69) is 50.0 Å². The predicted octanol–water partition coefficient (Wildman–Crippen LogP) is 4.64. The van der Waals surface area contributed by atoms with Gasteiger partial charge in [-0.3, -0.25) is 19.8 Å². The normalized spacial score (nSPS) is 21.2. The summed E-state index contributed by atoms with van der Waals surface area (Å²) in [5.41, 5.74) is 3.96. The molecule has 2 heterocycles. The van der Waals surface area contributed by atoms with Gasteiger partial charge in [-0.25, -0.2) is 0 Å². The molecule has 0 aliphatic carbocycles. The summed E-state index contributed by atoms with van der Waals surface area (Å²) in [5, 5.41) is 2.71. The van der Waals surface area contributed by atoms with Crippen LogP contribution in [-0.4, -0.2) is 36.1 Å². The molecular weight excluding hydrogens is 434 g/mol. The number of hydrogen-bond donors (Lipinski definition) is 1. The summed E-state index contributed by atoms with van der Waals surface area (Å²) in [5.74, 6) is 0.102. The number of rotatable bonds is 4. The topological polar surface area (TPSA) is 61.9 Å². The fraction of sp³-hybridized carbons (Fsp3) is 0.346. The average molecular weight is 464 g/mol. The second-order valence-corrected chi connectivity index (χ2v) is 9.52. The summed E-state index contributed by atoms with van der Waals surface area (Å²) in [4.78, 5) is 29.8. The van der Waals surface area contributed by atoms with Crippen LogP contribution in [0.2, 0.25) is 0 Å². The Bertz CT molecular complexity index is 1150. The van der Waals surface area contributed by atoms with Gasteiger partial charge in [0, 0.05) is 17.8 Å². The van der Waals surface area contributed by atoms with E-state index in [4.69, 9.17) is 17.0 Å². The number of ether oxygens (including phenoxy) is 1. The molecule has 0 saturated carbocycles. The minimum Gasteiger partial charge on any atom is -0.497 e. The number of hydrogen-bond acceptors (Lipinski definition) is 5. The summed E-state index contributed by atoms with van der Waals surface area (Å²) in [6.07, 6.45) is 2.69. The first-order valence-corrected chi connectivity index (χ1v) is 11.5. The first-order valence-electron chi connectivity index (χ1n) is 11.1. The van der Waals surface area contributed by atoms with E-state index in [0.29, 0.717) is 17.4 Å². The van der Waals surface area contributed by atoms with Crippen LogP contribution in [0.25, 0.3) is 6.08 Å². The number of nitrogens with zero attached hydrogens (tertiary/aromatic N) is 2. The molecular formula is C26H29N3O3S.